The molecule has 0 saturated heterocycles. The Morgan fingerprint density at radius 2 is 1.68 bits per heavy atom. The third-order valence-corrected chi connectivity index (χ3v) is 4.30. The molecular weight excluding hydrogens is 356 g/mol. The van der Waals surface area contributed by atoms with Gasteiger partial charge >= 0.3 is 0 Å². The SMILES string of the molecule is COCCOc1ccc(NC(=O)C(NC(=O)c2ccccc2C)C(C)C)cc1. The Balaban J connectivity index is 2.01. The lowest BCUT2D eigenvalue weighted by molar-refractivity contribution is -0.118. The van der Waals surface area contributed by atoms with E-state index in [1.807, 2.05) is 39.0 Å². The molecule has 2 rings (SSSR count). The van der Waals surface area contributed by atoms with Gasteiger partial charge in [-0.25, -0.2) is 0 Å². The highest BCUT2D eigenvalue weighted by Crippen LogP contribution is 2.17. The average molecular weight is 384 g/mol. The number of nitrogens with one attached hydrogen (secondary N) is 2. The molecule has 1 unspecified atom stereocenters. The van der Waals surface area contributed by atoms with E-state index >= 15 is 0 Å². The summed E-state index contributed by atoms with van der Waals surface area (Å²) in [6, 6.07) is 13.7. The molecular formula is C22H28N2O4. The zero-order valence-electron chi connectivity index (χ0n) is 16.8. The van der Waals surface area contributed by atoms with Gasteiger partial charge in [0.15, 0.2) is 0 Å². The van der Waals surface area contributed by atoms with Gasteiger partial charge in [0.25, 0.3) is 5.91 Å². The largest absolute Gasteiger partial charge is 0.491 e. The minimum atomic E-state index is -0.648. The van der Waals surface area contributed by atoms with Gasteiger partial charge in [0.2, 0.25) is 5.91 Å². The highest BCUT2D eigenvalue weighted by Gasteiger charge is 2.25. The number of amides is 2. The number of rotatable bonds is 9. The number of benzene rings is 2. The van der Waals surface area contributed by atoms with Crippen molar-refractivity contribution in [2.45, 2.75) is 26.8 Å². The van der Waals surface area contributed by atoms with Crippen LogP contribution in [0.2, 0.25) is 0 Å². The smallest absolute Gasteiger partial charge is 0.252 e. The second-order valence-corrected chi connectivity index (χ2v) is 6.86. The van der Waals surface area contributed by atoms with E-state index in [0.717, 1.165) is 5.56 Å². The number of carbonyl (C=O) groups excluding carboxylic acids is 2. The van der Waals surface area contributed by atoms with E-state index in [2.05, 4.69) is 10.6 Å². The highest BCUT2D eigenvalue weighted by molar-refractivity contribution is 6.01. The molecule has 0 bridgehead atoms. The first-order chi connectivity index (χ1) is 13.4. The molecule has 6 heteroatoms. The molecule has 0 heterocycles. The van der Waals surface area contributed by atoms with Gasteiger partial charge in [-0.2, -0.15) is 0 Å². The number of hydrogen-bond acceptors (Lipinski definition) is 4. The Morgan fingerprint density at radius 3 is 2.29 bits per heavy atom. The van der Waals surface area contributed by atoms with Crippen LogP contribution in [0.3, 0.4) is 0 Å². The van der Waals surface area contributed by atoms with Crippen LogP contribution in [-0.4, -0.2) is 38.2 Å². The van der Waals surface area contributed by atoms with Crippen LogP contribution >= 0.6 is 0 Å². The van der Waals surface area contributed by atoms with E-state index in [1.165, 1.54) is 0 Å². The molecule has 0 fully saturated rings. The summed E-state index contributed by atoms with van der Waals surface area (Å²) in [5, 5.41) is 5.71. The summed E-state index contributed by atoms with van der Waals surface area (Å²) in [6.07, 6.45) is 0. The number of carbonyl (C=O) groups is 2. The quantitative estimate of drug-likeness (QED) is 0.650. The van der Waals surface area contributed by atoms with Gasteiger partial charge in [0.05, 0.1) is 6.61 Å². The fraction of sp³-hybridized carbons (Fsp3) is 0.364. The molecule has 0 aromatic heterocycles. The topological polar surface area (TPSA) is 76.7 Å². The van der Waals surface area contributed by atoms with Crippen molar-refractivity contribution in [1.82, 2.24) is 5.32 Å². The third kappa shape index (κ3) is 6.09. The van der Waals surface area contributed by atoms with Crippen molar-refractivity contribution in [1.29, 1.82) is 0 Å². The maximum absolute atomic E-state index is 12.7. The van der Waals surface area contributed by atoms with Gasteiger partial charge in [-0.3, -0.25) is 9.59 Å². The molecule has 2 N–H and O–H groups in total. The van der Waals surface area contributed by atoms with Crippen LogP contribution in [-0.2, 0) is 9.53 Å². The van der Waals surface area contributed by atoms with Crippen molar-refractivity contribution >= 4 is 17.5 Å². The molecule has 2 aromatic rings. The van der Waals surface area contributed by atoms with Gasteiger partial charge in [0.1, 0.15) is 18.4 Å². The van der Waals surface area contributed by atoms with Crippen molar-refractivity contribution in [3.8, 4) is 5.75 Å². The summed E-state index contributed by atoms with van der Waals surface area (Å²) in [5.74, 6) is 0.117. The Labute approximate surface area is 166 Å². The summed E-state index contributed by atoms with van der Waals surface area (Å²) in [4.78, 5) is 25.3. The summed E-state index contributed by atoms with van der Waals surface area (Å²) in [7, 11) is 1.62. The van der Waals surface area contributed by atoms with Crippen LogP contribution in [0.5, 0.6) is 5.75 Å². The van der Waals surface area contributed by atoms with Crippen LogP contribution < -0.4 is 15.4 Å². The van der Waals surface area contributed by atoms with E-state index in [9.17, 15) is 9.59 Å². The summed E-state index contributed by atoms with van der Waals surface area (Å²) in [6.45, 7) is 6.64. The number of aryl methyl sites for hydroxylation is 1. The van der Waals surface area contributed by atoms with Gasteiger partial charge in [0, 0.05) is 18.4 Å². The first-order valence-electron chi connectivity index (χ1n) is 9.31. The van der Waals surface area contributed by atoms with Gasteiger partial charge < -0.3 is 20.1 Å². The lowest BCUT2D eigenvalue weighted by Crippen LogP contribution is -2.47. The molecule has 0 aliphatic carbocycles. The van der Waals surface area contributed by atoms with E-state index in [0.29, 0.717) is 30.2 Å². The minimum Gasteiger partial charge on any atom is -0.491 e. The maximum Gasteiger partial charge on any atom is 0.252 e. The van der Waals surface area contributed by atoms with Crippen molar-refractivity contribution in [2.75, 3.05) is 25.6 Å². The standard InChI is InChI=1S/C22H28N2O4/c1-15(2)20(24-21(25)19-8-6-5-7-16(19)3)22(26)23-17-9-11-18(12-10-17)28-14-13-27-4/h5-12,15,20H,13-14H2,1-4H3,(H,23,26)(H,24,25). The molecule has 0 saturated carbocycles. The normalized spacial score (nSPS) is 11.8. The fourth-order valence-corrected chi connectivity index (χ4v) is 2.68. The zero-order valence-corrected chi connectivity index (χ0v) is 16.8. The van der Waals surface area contributed by atoms with Crippen LogP contribution in [0.15, 0.2) is 48.5 Å². The van der Waals surface area contributed by atoms with E-state index in [4.69, 9.17) is 9.47 Å². The molecule has 1 atom stereocenters. The third-order valence-electron chi connectivity index (χ3n) is 4.30. The van der Waals surface area contributed by atoms with E-state index in [1.54, 1.807) is 37.4 Å². The molecule has 0 aliphatic rings. The Bertz CT molecular complexity index is 787. The highest BCUT2D eigenvalue weighted by atomic mass is 16.5. The molecule has 6 nitrogen and oxygen atoms in total. The van der Waals surface area contributed by atoms with Crippen LogP contribution in [0.4, 0.5) is 5.69 Å². The Morgan fingerprint density at radius 1 is 1.00 bits per heavy atom. The number of anilines is 1. The molecule has 0 spiro atoms. The molecule has 28 heavy (non-hydrogen) atoms. The lowest BCUT2D eigenvalue weighted by Gasteiger charge is -2.22. The minimum absolute atomic E-state index is 0.0652. The van der Waals surface area contributed by atoms with Crippen molar-refractivity contribution < 1.29 is 19.1 Å². The van der Waals surface area contributed by atoms with Gasteiger partial charge in [-0.05, 0) is 48.7 Å². The second-order valence-electron chi connectivity index (χ2n) is 6.86. The lowest BCUT2D eigenvalue weighted by atomic mass is 10.0. The second kappa shape index (κ2) is 10.5. The fourth-order valence-electron chi connectivity index (χ4n) is 2.68. The predicted octanol–water partition coefficient (Wildman–Crippen LogP) is 3.41. The maximum atomic E-state index is 12.7. The van der Waals surface area contributed by atoms with Crippen LogP contribution in [0.1, 0.15) is 29.8 Å². The number of methoxy groups -OCH3 is 1. The first kappa shape index (κ1) is 21.4. The van der Waals surface area contributed by atoms with Gasteiger partial charge in [-0.15, -0.1) is 0 Å². The van der Waals surface area contributed by atoms with Crippen molar-refractivity contribution in [3.63, 3.8) is 0 Å². The van der Waals surface area contributed by atoms with Crippen molar-refractivity contribution in [2.24, 2.45) is 5.92 Å². The predicted molar refractivity (Wildman–Crippen MR) is 110 cm³/mol. The average Bonchev–Trinajstić information content (AvgIpc) is 2.67. The molecule has 0 aliphatic heterocycles. The van der Waals surface area contributed by atoms with Crippen LogP contribution in [0.25, 0.3) is 0 Å². The van der Waals surface area contributed by atoms with E-state index in [-0.39, 0.29) is 17.7 Å². The summed E-state index contributed by atoms with van der Waals surface area (Å²) >= 11 is 0. The van der Waals surface area contributed by atoms with Crippen molar-refractivity contribution in [3.05, 3.63) is 59.7 Å². The molecule has 0 radical (unpaired) electrons. The molecule has 2 amide bonds. The molecule has 150 valence electrons. The first-order valence-corrected chi connectivity index (χ1v) is 9.31. The number of ether oxygens (including phenoxy) is 2. The zero-order chi connectivity index (χ0) is 20.5. The Hall–Kier alpha value is -2.86. The van der Waals surface area contributed by atoms with E-state index < -0.39 is 6.04 Å². The number of hydrogen-bond donors (Lipinski definition) is 2. The Kier molecular flexibility index (Phi) is 8.02. The van der Waals surface area contributed by atoms with Gasteiger partial charge in [-0.1, -0.05) is 32.0 Å². The summed E-state index contributed by atoms with van der Waals surface area (Å²) in [5.41, 5.74) is 2.07. The monoisotopic (exact) mass is 384 g/mol. The summed E-state index contributed by atoms with van der Waals surface area (Å²) < 4.78 is 10.5. The van der Waals surface area contributed by atoms with Crippen LogP contribution in [0, 0.1) is 12.8 Å². The molecule has 2 aromatic carbocycles.